The first-order valence-electron chi connectivity index (χ1n) is 7.79. The fourth-order valence-corrected chi connectivity index (χ4v) is 2.60. The number of aromatic nitrogens is 1. The highest BCUT2D eigenvalue weighted by atomic mass is 16.5. The number of pyridine rings is 1. The molecule has 1 aliphatic heterocycles. The molecule has 1 N–H and O–H groups in total. The monoisotopic (exact) mass is 322 g/mol. The minimum absolute atomic E-state index is 0.237. The van der Waals surface area contributed by atoms with Gasteiger partial charge in [0.05, 0.1) is 30.4 Å². The number of carbonyl (C=O) groups is 1. The van der Waals surface area contributed by atoms with Crippen molar-refractivity contribution in [2.75, 3.05) is 36.5 Å². The SMILES string of the molecule is Cc1ccc(C(=O)Nc2cccc(C#N)c2)c(N2CCOCC2)n1. The molecular weight excluding hydrogens is 304 g/mol. The van der Waals surface area contributed by atoms with E-state index in [0.29, 0.717) is 48.9 Å². The molecule has 1 aliphatic rings. The van der Waals surface area contributed by atoms with Gasteiger partial charge >= 0.3 is 0 Å². The molecule has 2 heterocycles. The van der Waals surface area contributed by atoms with E-state index in [1.54, 1.807) is 30.3 Å². The number of amides is 1. The Kier molecular flexibility index (Phi) is 4.73. The lowest BCUT2D eigenvalue weighted by Crippen LogP contribution is -2.38. The maximum absolute atomic E-state index is 12.7. The second-order valence-electron chi connectivity index (χ2n) is 5.57. The van der Waals surface area contributed by atoms with E-state index in [4.69, 9.17) is 10.00 Å². The molecule has 0 saturated carbocycles. The summed E-state index contributed by atoms with van der Waals surface area (Å²) in [6.45, 7) is 4.57. The maximum Gasteiger partial charge on any atom is 0.259 e. The normalized spacial score (nSPS) is 14.1. The van der Waals surface area contributed by atoms with Crippen LogP contribution in [0.4, 0.5) is 11.5 Å². The molecule has 1 aromatic carbocycles. The fraction of sp³-hybridized carbons (Fsp3) is 0.278. The lowest BCUT2D eigenvalue weighted by atomic mass is 10.1. The van der Waals surface area contributed by atoms with Crippen LogP contribution in [-0.4, -0.2) is 37.2 Å². The Morgan fingerprint density at radius 3 is 2.83 bits per heavy atom. The van der Waals surface area contributed by atoms with Gasteiger partial charge in [0.2, 0.25) is 0 Å². The third-order valence-corrected chi connectivity index (χ3v) is 3.82. The van der Waals surface area contributed by atoms with Crippen LogP contribution >= 0.6 is 0 Å². The summed E-state index contributed by atoms with van der Waals surface area (Å²) in [5, 5.41) is 11.8. The molecule has 6 nitrogen and oxygen atoms in total. The molecular formula is C18H18N4O2. The Hall–Kier alpha value is -2.91. The highest BCUT2D eigenvalue weighted by molar-refractivity contribution is 6.07. The van der Waals surface area contributed by atoms with E-state index in [1.165, 1.54) is 0 Å². The molecule has 1 fully saturated rings. The topological polar surface area (TPSA) is 78.2 Å². The zero-order valence-corrected chi connectivity index (χ0v) is 13.5. The van der Waals surface area contributed by atoms with Crippen molar-refractivity contribution in [3.05, 3.63) is 53.2 Å². The summed E-state index contributed by atoms with van der Waals surface area (Å²) in [5.41, 5.74) is 2.47. The Bertz CT molecular complexity index is 792. The Balaban J connectivity index is 1.87. The van der Waals surface area contributed by atoms with Gasteiger partial charge in [0.25, 0.3) is 5.91 Å². The summed E-state index contributed by atoms with van der Waals surface area (Å²) in [4.78, 5) is 19.3. The van der Waals surface area contributed by atoms with E-state index in [-0.39, 0.29) is 5.91 Å². The van der Waals surface area contributed by atoms with E-state index in [2.05, 4.69) is 21.3 Å². The van der Waals surface area contributed by atoms with Gasteiger partial charge in [-0.15, -0.1) is 0 Å². The Morgan fingerprint density at radius 1 is 1.29 bits per heavy atom. The van der Waals surface area contributed by atoms with E-state index in [9.17, 15) is 4.79 Å². The summed E-state index contributed by atoms with van der Waals surface area (Å²) in [7, 11) is 0. The van der Waals surface area contributed by atoms with E-state index in [1.807, 2.05) is 13.0 Å². The number of nitriles is 1. The molecule has 0 spiro atoms. The molecule has 2 aromatic rings. The molecule has 122 valence electrons. The minimum atomic E-state index is -0.237. The first-order valence-corrected chi connectivity index (χ1v) is 7.79. The first kappa shape index (κ1) is 16.0. The standard InChI is InChI=1S/C18H18N4O2/c1-13-5-6-16(17(20-13)22-7-9-24-10-8-22)18(23)21-15-4-2-3-14(11-15)12-19/h2-6,11H,7-10H2,1H3,(H,21,23). The van der Waals surface area contributed by atoms with Crippen LogP contribution in [0.1, 0.15) is 21.6 Å². The average molecular weight is 322 g/mol. The lowest BCUT2D eigenvalue weighted by molar-refractivity contribution is 0.102. The number of morpholine rings is 1. The number of hydrogen-bond donors (Lipinski definition) is 1. The molecule has 0 radical (unpaired) electrons. The predicted molar refractivity (Wildman–Crippen MR) is 91.1 cm³/mol. The molecule has 6 heteroatoms. The zero-order valence-electron chi connectivity index (χ0n) is 13.5. The van der Waals surface area contributed by atoms with Crippen molar-refractivity contribution >= 4 is 17.4 Å². The van der Waals surface area contributed by atoms with E-state index in [0.717, 1.165) is 5.69 Å². The van der Waals surface area contributed by atoms with Crippen molar-refractivity contribution in [2.24, 2.45) is 0 Å². The van der Waals surface area contributed by atoms with Gasteiger partial charge in [-0.25, -0.2) is 4.98 Å². The van der Waals surface area contributed by atoms with Gasteiger partial charge in [-0.2, -0.15) is 5.26 Å². The summed E-state index contributed by atoms with van der Waals surface area (Å²) < 4.78 is 5.37. The summed E-state index contributed by atoms with van der Waals surface area (Å²) in [6.07, 6.45) is 0. The number of rotatable bonds is 3. The maximum atomic E-state index is 12.7. The molecule has 0 unspecified atom stereocenters. The van der Waals surface area contributed by atoms with Crippen LogP contribution < -0.4 is 10.2 Å². The molecule has 1 amide bonds. The van der Waals surface area contributed by atoms with Crippen molar-refractivity contribution in [2.45, 2.75) is 6.92 Å². The van der Waals surface area contributed by atoms with Crippen molar-refractivity contribution in [1.29, 1.82) is 5.26 Å². The van der Waals surface area contributed by atoms with Crippen LogP contribution in [0, 0.1) is 18.3 Å². The first-order chi connectivity index (χ1) is 11.7. The Labute approximate surface area is 140 Å². The molecule has 0 aliphatic carbocycles. The van der Waals surface area contributed by atoms with Crippen LogP contribution in [0.5, 0.6) is 0 Å². The van der Waals surface area contributed by atoms with E-state index >= 15 is 0 Å². The molecule has 3 rings (SSSR count). The van der Waals surface area contributed by atoms with Crippen molar-refractivity contribution in [3.63, 3.8) is 0 Å². The zero-order chi connectivity index (χ0) is 16.9. The molecule has 24 heavy (non-hydrogen) atoms. The van der Waals surface area contributed by atoms with Crippen LogP contribution in [0.25, 0.3) is 0 Å². The summed E-state index contributed by atoms with van der Waals surface area (Å²) in [6, 6.07) is 12.5. The van der Waals surface area contributed by atoms with Gasteiger partial charge < -0.3 is 15.0 Å². The van der Waals surface area contributed by atoms with Crippen LogP contribution in [0.2, 0.25) is 0 Å². The third-order valence-electron chi connectivity index (χ3n) is 3.82. The lowest BCUT2D eigenvalue weighted by Gasteiger charge is -2.29. The number of aryl methyl sites for hydroxylation is 1. The van der Waals surface area contributed by atoms with Gasteiger partial charge in [0.15, 0.2) is 0 Å². The number of carbonyl (C=O) groups excluding carboxylic acids is 1. The fourth-order valence-electron chi connectivity index (χ4n) is 2.60. The van der Waals surface area contributed by atoms with Gasteiger partial charge in [0.1, 0.15) is 5.82 Å². The van der Waals surface area contributed by atoms with Crippen LogP contribution in [-0.2, 0) is 4.74 Å². The number of hydrogen-bond acceptors (Lipinski definition) is 5. The average Bonchev–Trinajstić information content (AvgIpc) is 2.62. The highest BCUT2D eigenvalue weighted by Gasteiger charge is 2.20. The second-order valence-corrected chi connectivity index (χ2v) is 5.57. The number of ether oxygens (including phenoxy) is 1. The molecule has 0 atom stereocenters. The van der Waals surface area contributed by atoms with Crippen LogP contribution in [0.3, 0.4) is 0 Å². The summed E-state index contributed by atoms with van der Waals surface area (Å²) >= 11 is 0. The van der Waals surface area contributed by atoms with Crippen molar-refractivity contribution in [3.8, 4) is 6.07 Å². The minimum Gasteiger partial charge on any atom is -0.378 e. The highest BCUT2D eigenvalue weighted by Crippen LogP contribution is 2.21. The quantitative estimate of drug-likeness (QED) is 0.938. The third kappa shape index (κ3) is 3.53. The number of nitrogens with one attached hydrogen (secondary N) is 1. The Morgan fingerprint density at radius 2 is 2.08 bits per heavy atom. The molecule has 0 bridgehead atoms. The summed E-state index contributed by atoms with van der Waals surface area (Å²) in [5.74, 6) is 0.436. The molecule has 1 saturated heterocycles. The smallest absolute Gasteiger partial charge is 0.259 e. The largest absolute Gasteiger partial charge is 0.378 e. The van der Waals surface area contributed by atoms with Crippen LogP contribution in [0.15, 0.2) is 36.4 Å². The second kappa shape index (κ2) is 7.11. The number of benzene rings is 1. The van der Waals surface area contributed by atoms with Gasteiger partial charge in [-0.05, 0) is 37.3 Å². The van der Waals surface area contributed by atoms with Gasteiger partial charge in [-0.3, -0.25) is 4.79 Å². The van der Waals surface area contributed by atoms with E-state index < -0.39 is 0 Å². The van der Waals surface area contributed by atoms with Gasteiger partial charge in [0, 0.05) is 24.5 Å². The van der Waals surface area contributed by atoms with Crippen molar-refractivity contribution in [1.82, 2.24) is 4.98 Å². The predicted octanol–water partition coefficient (Wildman–Crippen LogP) is 2.35. The number of nitrogens with zero attached hydrogens (tertiary/aromatic N) is 3. The van der Waals surface area contributed by atoms with Gasteiger partial charge in [-0.1, -0.05) is 6.07 Å². The van der Waals surface area contributed by atoms with Crippen molar-refractivity contribution < 1.29 is 9.53 Å². The molecule has 1 aromatic heterocycles. The number of anilines is 2.